The van der Waals surface area contributed by atoms with E-state index in [-0.39, 0.29) is 23.6 Å². The van der Waals surface area contributed by atoms with Crippen LogP contribution in [0.25, 0.3) is 0 Å². The predicted molar refractivity (Wildman–Crippen MR) is 97.9 cm³/mol. The average molecular weight is 353 g/mol. The van der Waals surface area contributed by atoms with Crippen molar-refractivity contribution in [3.8, 4) is 0 Å². The van der Waals surface area contributed by atoms with Crippen LogP contribution < -0.4 is 10.6 Å². The molecule has 1 aromatic heterocycles. The van der Waals surface area contributed by atoms with E-state index in [2.05, 4.69) is 15.6 Å². The number of rotatable bonds is 6. The molecule has 0 bridgehead atoms. The molecule has 1 aliphatic heterocycles. The first-order valence-corrected chi connectivity index (χ1v) is 8.81. The molecule has 2 amide bonds. The number of aromatic nitrogens is 1. The number of nitrogens with zero attached hydrogens (tertiary/aromatic N) is 1. The van der Waals surface area contributed by atoms with Crippen LogP contribution in [-0.4, -0.2) is 36.1 Å². The van der Waals surface area contributed by atoms with E-state index in [1.807, 2.05) is 31.2 Å². The highest BCUT2D eigenvalue weighted by Crippen LogP contribution is 2.11. The lowest BCUT2D eigenvalue weighted by Crippen LogP contribution is -2.32. The first-order valence-electron chi connectivity index (χ1n) is 8.81. The molecule has 0 saturated carbocycles. The molecule has 2 aromatic rings. The molecular formula is C20H23N3O3. The van der Waals surface area contributed by atoms with E-state index < -0.39 is 0 Å². The molecule has 136 valence electrons. The topological polar surface area (TPSA) is 80.3 Å². The number of carbonyl (C=O) groups excluding carboxylic acids is 2. The molecule has 1 aromatic carbocycles. The van der Waals surface area contributed by atoms with E-state index >= 15 is 0 Å². The summed E-state index contributed by atoms with van der Waals surface area (Å²) in [7, 11) is 0. The fourth-order valence-electron chi connectivity index (χ4n) is 2.79. The van der Waals surface area contributed by atoms with E-state index in [0.29, 0.717) is 18.7 Å². The molecule has 1 aliphatic rings. The third-order valence-corrected chi connectivity index (χ3v) is 4.34. The van der Waals surface area contributed by atoms with Gasteiger partial charge in [-0.3, -0.25) is 14.6 Å². The van der Waals surface area contributed by atoms with Gasteiger partial charge in [-0.2, -0.15) is 0 Å². The van der Waals surface area contributed by atoms with Crippen molar-refractivity contribution in [1.29, 1.82) is 0 Å². The van der Waals surface area contributed by atoms with Gasteiger partial charge in [-0.15, -0.1) is 0 Å². The second-order valence-electron chi connectivity index (χ2n) is 6.44. The quantitative estimate of drug-likeness (QED) is 0.835. The van der Waals surface area contributed by atoms with Crippen LogP contribution in [0.5, 0.6) is 0 Å². The summed E-state index contributed by atoms with van der Waals surface area (Å²) in [5, 5.41) is 5.67. The lowest BCUT2D eigenvalue weighted by molar-refractivity contribution is 0.0857. The van der Waals surface area contributed by atoms with Crippen LogP contribution in [-0.2, 0) is 11.3 Å². The minimum absolute atomic E-state index is 0.0815. The number of pyridine rings is 1. The SMILES string of the molecule is Cc1ccc(CNC(=O)c2cc(C(=O)NCC3CCCO3)ccn2)cc1. The van der Waals surface area contributed by atoms with Gasteiger partial charge in [0.25, 0.3) is 11.8 Å². The Kier molecular flexibility index (Phi) is 5.96. The molecule has 1 atom stereocenters. The van der Waals surface area contributed by atoms with Gasteiger partial charge in [0.1, 0.15) is 5.69 Å². The molecule has 26 heavy (non-hydrogen) atoms. The van der Waals surface area contributed by atoms with E-state index in [1.165, 1.54) is 17.8 Å². The van der Waals surface area contributed by atoms with Crippen molar-refractivity contribution >= 4 is 11.8 Å². The highest BCUT2D eigenvalue weighted by Gasteiger charge is 2.17. The van der Waals surface area contributed by atoms with Gasteiger partial charge in [-0.1, -0.05) is 29.8 Å². The summed E-state index contributed by atoms with van der Waals surface area (Å²) in [5.74, 6) is -0.533. The molecule has 6 nitrogen and oxygen atoms in total. The second kappa shape index (κ2) is 8.58. The van der Waals surface area contributed by atoms with E-state index in [9.17, 15) is 9.59 Å². The summed E-state index contributed by atoms with van der Waals surface area (Å²) in [6, 6.07) is 11.0. The number of hydrogen-bond acceptors (Lipinski definition) is 4. The Bertz CT molecular complexity index is 768. The van der Waals surface area contributed by atoms with Crippen molar-refractivity contribution in [3.05, 3.63) is 65.0 Å². The summed E-state index contributed by atoms with van der Waals surface area (Å²) in [4.78, 5) is 28.6. The highest BCUT2D eigenvalue weighted by atomic mass is 16.5. The minimum Gasteiger partial charge on any atom is -0.376 e. The molecule has 0 radical (unpaired) electrons. The van der Waals surface area contributed by atoms with Gasteiger partial charge < -0.3 is 15.4 Å². The van der Waals surface area contributed by atoms with Gasteiger partial charge in [0.05, 0.1) is 6.10 Å². The van der Waals surface area contributed by atoms with Crippen molar-refractivity contribution in [2.75, 3.05) is 13.2 Å². The molecule has 6 heteroatoms. The smallest absolute Gasteiger partial charge is 0.270 e. The zero-order valence-electron chi connectivity index (χ0n) is 14.8. The monoisotopic (exact) mass is 353 g/mol. The first-order chi connectivity index (χ1) is 12.6. The van der Waals surface area contributed by atoms with Crippen molar-refractivity contribution in [3.63, 3.8) is 0 Å². The Labute approximate surface area is 153 Å². The zero-order chi connectivity index (χ0) is 18.4. The lowest BCUT2D eigenvalue weighted by atomic mass is 10.1. The Hall–Kier alpha value is -2.73. The molecule has 1 saturated heterocycles. The Balaban J connectivity index is 1.55. The number of ether oxygens (including phenoxy) is 1. The fraction of sp³-hybridized carbons (Fsp3) is 0.350. The van der Waals surface area contributed by atoms with Crippen LogP contribution >= 0.6 is 0 Å². The fourth-order valence-corrected chi connectivity index (χ4v) is 2.79. The largest absolute Gasteiger partial charge is 0.376 e. The van der Waals surface area contributed by atoms with Crippen LogP contribution in [0.3, 0.4) is 0 Å². The number of hydrogen-bond donors (Lipinski definition) is 2. The number of benzene rings is 1. The average Bonchev–Trinajstić information content (AvgIpc) is 3.19. The Morgan fingerprint density at radius 1 is 1.15 bits per heavy atom. The second-order valence-corrected chi connectivity index (χ2v) is 6.44. The molecular weight excluding hydrogens is 330 g/mol. The highest BCUT2D eigenvalue weighted by molar-refractivity contribution is 5.98. The van der Waals surface area contributed by atoms with Gasteiger partial charge >= 0.3 is 0 Å². The van der Waals surface area contributed by atoms with Crippen molar-refractivity contribution < 1.29 is 14.3 Å². The molecule has 2 N–H and O–H groups in total. The maximum Gasteiger partial charge on any atom is 0.270 e. The van der Waals surface area contributed by atoms with Crippen LogP contribution in [0.2, 0.25) is 0 Å². The lowest BCUT2D eigenvalue weighted by Gasteiger charge is -2.11. The number of amides is 2. The van der Waals surface area contributed by atoms with Gasteiger partial charge in [0, 0.05) is 31.5 Å². The van der Waals surface area contributed by atoms with Crippen molar-refractivity contribution in [1.82, 2.24) is 15.6 Å². The van der Waals surface area contributed by atoms with E-state index in [0.717, 1.165) is 25.0 Å². The van der Waals surface area contributed by atoms with Crippen LogP contribution in [0.1, 0.15) is 44.8 Å². The van der Waals surface area contributed by atoms with Crippen LogP contribution in [0.4, 0.5) is 0 Å². The zero-order valence-corrected chi connectivity index (χ0v) is 14.8. The molecule has 0 aliphatic carbocycles. The summed E-state index contributed by atoms with van der Waals surface area (Å²) in [5.41, 5.74) is 2.82. The van der Waals surface area contributed by atoms with Gasteiger partial charge in [0.15, 0.2) is 0 Å². The number of nitrogens with one attached hydrogen (secondary N) is 2. The first kappa shape index (κ1) is 18.1. The van der Waals surface area contributed by atoms with Gasteiger partial charge in [0.2, 0.25) is 0 Å². The van der Waals surface area contributed by atoms with Crippen molar-refractivity contribution in [2.45, 2.75) is 32.4 Å². The van der Waals surface area contributed by atoms with Crippen molar-refractivity contribution in [2.24, 2.45) is 0 Å². The van der Waals surface area contributed by atoms with Gasteiger partial charge in [-0.05, 0) is 37.5 Å². The predicted octanol–water partition coefficient (Wildman–Crippen LogP) is 2.23. The third-order valence-electron chi connectivity index (χ3n) is 4.34. The molecule has 0 spiro atoms. The Morgan fingerprint density at radius 2 is 1.96 bits per heavy atom. The molecule has 1 fully saturated rings. The van der Waals surface area contributed by atoms with Crippen LogP contribution in [0, 0.1) is 6.92 Å². The maximum atomic E-state index is 12.3. The molecule has 1 unspecified atom stereocenters. The van der Waals surface area contributed by atoms with Gasteiger partial charge in [-0.25, -0.2) is 0 Å². The normalized spacial score (nSPS) is 16.3. The summed E-state index contributed by atoms with van der Waals surface area (Å²) >= 11 is 0. The minimum atomic E-state index is -0.306. The number of carbonyl (C=O) groups is 2. The summed E-state index contributed by atoms with van der Waals surface area (Å²) in [6.45, 7) is 3.66. The standard InChI is InChI=1S/C20H23N3O3/c1-14-4-6-15(7-5-14)12-22-20(25)18-11-16(8-9-21-18)19(24)23-13-17-3-2-10-26-17/h4-9,11,17H,2-3,10,12-13H2,1H3,(H,22,25)(H,23,24). The maximum absolute atomic E-state index is 12.3. The van der Waals surface area contributed by atoms with E-state index in [1.54, 1.807) is 6.07 Å². The number of aryl methyl sites for hydroxylation is 1. The van der Waals surface area contributed by atoms with E-state index in [4.69, 9.17) is 4.74 Å². The summed E-state index contributed by atoms with van der Waals surface area (Å²) < 4.78 is 5.49. The third kappa shape index (κ3) is 4.89. The molecule has 2 heterocycles. The van der Waals surface area contributed by atoms with Crippen LogP contribution in [0.15, 0.2) is 42.6 Å². The summed E-state index contributed by atoms with van der Waals surface area (Å²) in [6.07, 6.45) is 3.55. The molecule has 3 rings (SSSR count). The Morgan fingerprint density at radius 3 is 2.69 bits per heavy atom.